The van der Waals surface area contributed by atoms with Crippen LogP contribution in [0.3, 0.4) is 0 Å². The van der Waals surface area contributed by atoms with Gasteiger partial charge in [-0.25, -0.2) is 0 Å². The van der Waals surface area contributed by atoms with Crippen LogP contribution in [0.4, 0.5) is 0 Å². The zero-order valence-electron chi connectivity index (χ0n) is 12.4. The summed E-state index contributed by atoms with van der Waals surface area (Å²) in [5.41, 5.74) is 4.34. The first kappa shape index (κ1) is 13.7. The highest BCUT2D eigenvalue weighted by molar-refractivity contribution is 6.18. The van der Waals surface area contributed by atoms with E-state index in [-0.39, 0.29) is 17.6 Å². The molecule has 2 aromatic rings. The van der Waals surface area contributed by atoms with Crippen molar-refractivity contribution in [2.75, 3.05) is 7.05 Å². The first-order chi connectivity index (χ1) is 10.2. The first-order valence-corrected chi connectivity index (χ1v) is 7.31. The first-order valence-electron chi connectivity index (χ1n) is 7.31. The third-order valence-corrected chi connectivity index (χ3v) is 4.24. The summed E-state index contributed by atoms with van der Waals surface area (Å²) in [6, 6.07) is 18.2. The van der Waals surface area contributed by atoms with Gasteiger partial charge in [0.05, 0.1) is 5.92 Å². The van der Waals surface area contributed by atoms with Gasteiger partial charge in [0.1, 0.15) is 0 Å². The van der Waals surface area contributed by atoms with Crippen LogP contribution in [0.15, 0.2) is 59.6 Å². The number of hydrogen-bond acceptors (Lipinski definition) is 2. The molecule has 0 spiro atoms. The molecule has 0 amide bonds. The van der Waals surface area contributed by atoms with E-state index >= 15 is 0 Å². The molecule has 0 radical (unpaired) electrons. The minimum absolute atomic E-state index is 0.0598. The molecule has 2 heteroatoms. The Morgan fingerprint density at radius 1 is 1.00 bits per heavy atom. The van der Waals surface area contributed by atoms with E-state index in [1.165, 1.54) is 5.56 Å². The lowest BCUT2D eigenvalue weighted by Crippen LogP contribution is -2.14. The number of carbonyl (C=O) groups excluding carboxylic acids is 1. The van der Waals surface area contributed by atoms with E-state index in [9.17, 15) is 4.79 Å². The lowest BCUT2D eigenvalue weighted by Gasteiger charge is -2.12. The van der Waals surface area contributed by atoms with Crippen molar-refractivity contribution in [3.8, 4) is 0 Å². The minimum Gasteiger partial charge on any atom is -0.298 e. The van der Waals surface area contributed by atoms with Gasteiger partial charge in [-0.05, 0) is 18.1 Å². The number of aliphatic imine (C=N–C) groups is 1. The second-order valence-corrected chi connectivity index (χ2v) is 5.63. The van der Waals surface area contributed by atoms with Crippen LogP contribution in [0, 0.1) is 6.92 Å². The highest BCUT2D eigenvalue weighted by atomic mass is 16.1. The van der Waals surface area contributed by atoms with E-state index in [0.717, 1.165) is 23.3 Å². The Hall–Kier alpha value is -2.22. The number of Topliss-reactive ketones (excluding diaryl/α,β-unsaturated/α-hetero) is 1. The van der Waals surface area contributed by atoms with Gasteiger partial charge in [-0.15, -0.1) is 0 Å². The van der Waals surface area contributed by atoms with Crippen molar-refractivity contribution in [3.05, 3.63) is 71.3 Å². The van der Waals surface area contributed by atoms with Crippen molar-refractivity contribution < 1.29 is 4.79 Å². The van der Waals surface area contributed by atoms with Gasteiger partial charge >= 0.3 is 0 Å². The van der Waals surface area contributed by atoms with Gasteiger partial charge in [0.2, 0.25) is 0 Å². The molecular weight excluding hydrogens is 258 g/mol. The molecule has 2 aromatic carbocycles. The Kier molecular flexibility index (Phi) is 3.70. The van der Waals surface area contributed by atoms with Gasteiger partial charge in [0, 0.05) is 25.1 Å². The van der Waals surface area contributed by atoms with Crippen molar-refractivity contribution in [3.63, 3.8) is 0 Å². The Morgan fingerprint density at radius 3 is 2.38 bits per heavy atom. The highest BCUT2D eigenvalue weighted by Gasteiger charge is 2.40. The number of nitrogens with zero attached hydrogens (tertiary/aromatic N) is 1. The lowest BCUT2D eigenvalue weighted by atomic mass is 9.91. The summed E-state index contributed by atoms with van der Waals surface area (Å²) in [7, 11) is 1.79. The maximum atomic E-state index is 12.9. The predicted octanol–water partition coefficient (Wildman–Crippen LogP) is 3.91. The van der Waals surface area contributed by atoms with Crippen LogP contribution in [0.5, 0.6) is 0 Å². The summed E-state index contributed by atoms with van der Waals surface area (Å²) < 4.78 is 0. The van der Waals surface area contributed by atoms with Gasteiger partial charge < -0.3 is 0 Å². The van der Waals surface area contributed by atoms with Crippen molar-refractivity contribution in [2.45, 2.75) is 25.2 Å². The van der Waals surface area contributed by atoms with Crippen LogP contribution >= 0.6 is 0 Å². The van der Waals surface area contributed by atoms with Gasteiger partial charge in [-0.3, -0.25) is 9.79 Å². The predicted molar refractivity (Wildman–Crippen MR) is 86.1 cm³/mol. The van der Waals surface area contributed by atoms with Crippen LogP contribution in [-0.2, 0) is 4.79 Å². The third-order valence-electron chi connectivity index (χ3n) is 4.24. The smallest absolute Gasteiger partial charge is 0.153 e. The average Bonchev–Trinajstić information content (AvgIpc) is 2.85. The number of benzene rings is 2. The Labute approximate surface area is 125 Å². The SMILES string of the molecule is CN=C1CC(c2ccccc2)C(=O)C1c1cccc(C)c1. The van der Waals surface area contributed by atoms with Crippen LogP contribution in [0.25, 0.3) is 0 Å². The van der Waals surface area contributed by atoms with Crippen molar-refractivity contribution in [1.82, 2.24) is 0 Å². The number of hydrogen-bond donors (Lipinski definition) is 0. The molecule has 2 unspecified atom stereocenters. The van der Waals surface area contributed by atoms with E-state index < -0.39 is 0 Å². The molecule has 1 aliphatic carbocycles. The number of rotatable bonds is 2. The largest absolute Gasteiger partial charge is 0.298 e. The normalized spacial score (nSPS) is 23.7. The highest BCUT2D eigenvalue weighted by Crippen LogP contribution is 2.39. The fourth-order valence-electron chi connectivity index (χ4n) is 3.19. The second-order valence-electron chi connectivity index (χ2n) is 5.63. The average molecular weight is 277 g/mol. The summed E-state index contributed by atoms with van der Waals surface area (Å²) >= 11 is 0. The molecule has 1 aliphatic rings. The Balaban J connectivity index is 2.00. The summed E-state index contributed by atoms with van der Waals surface area (Å²) in [4.78, 5) is 17.3. The molecule has 2 atom stereocenters. The molecule has 0 bridgehead atoms. The molecular formula is C19H19NO. The van der Waals surface area contributed by atoms with Crippen molar-refractivity contribution >= 4 is 11.5 Å². The van der Waals surface area contributed by atoms with E-state index in [4.69, 9.17) is 0 Å². The summed E-state index contributed by atoms with van der Waals surface area (Å²) in [6.45, 7) is 2.06. The van der Waals surface area contributed by atoms with Crippen molar-refractivity contribution in [1.29, 1.82) is 0 Å². The van der Waals surface area contributed by atoms with E-state index in [0.29, 0.717) is 0 Å². The fourth-order valence-corrected chi connectivity index (χ4v) is 3.19. The van der Waals surface area contributed by atoms with E-state index in [1.54, 1.807) is 7.05 Å². The van der Waals surface area contributed by atoms with Gasteiger partial charge in [-0.1, -0.05) is 60.2 Å². The lowest BCUT2D eigenvalue weighted by molar-refractivity contribution is -0.119. The number of carbonyl (C=O) groups is 1. The zero-order chi connectivity index (χ0) is 14.8. The second kappa shape index (κ2) is 5.65. The minimum atomic E-state index is -0.180. The molecule has 2 nitrogen and oxygen atoms in total. The standard InChI is InChI=1S/C19H19NO/c1-13-7-6-10-15(11-13)18-17(20-2)12-16(19(18)21)14-8-4-3-5-9-14/h3-11,16,18H,12H2,1-2H3. The number of aryl methyl sites for hydroxylation is 1. The Bertz CT molecular complexity index is 688. The van der Waals surface area contributed by atoms with Gasteiger partial charge in [0.15, 0.2) is 5.78 Å². The van der Waals surface area contributed by atoms with Crippen LogP contribution in [0.1, 0.15) is 34.9 Å². The Morgan fingerprint density at radius 2 is 1.71 bits per heavy atom. The molecule has 1 fully saturated rings. The molecule has 21 heavy (non-hydrogen) atoms. The maximum absolute atomic E-state index is 12.9. The monoisotopic (exact) mass is 277 g/mol. The van der Waals surface area contributed by atoms with E-state index in [2.05, 4.69) is 24.0 Å². The third kappa shape index (κ3) is 2.54. The van der Waals surface area contributed by atoms with Crippen LogP contribution in [-0.4, -0.2) is 18.5 Å². The molecule has 0 N–H and O–H groups in total. The summed E-state index contributed by atoms with van der Waals surface area (Å²) in [6.07, 6.45) is 0.734. The van der Waals surface area contributed by atoms with Crippen LogP contribution < -0.4 is 0 Å². The quantitative estimate of drug-likeness (QED) is 0.818. The topological polar surface area (TPSA) is 29.4 Å². The summed E-state index contributed by atoms with van der Waals surface area (Å²) in [5.74, 6) is 0.0305. The van der Waals surface area contributed by atoms with Gasteiger partial charge in [0.25, 0.3) is 0 Å². The molecule has 0 heterocycles. The van der Waals surface area contributed by atoms with E-state index in [1.807, 2.05) is 42.5 Å². The van der Waals surface area contributed by atoms with Crippen molar-refractivity contribution in [2.24, 2.45) is 4.99 Å². The molecule has 0 aliphatic heterocycles. The van der Waals surface area contributed by atoms with Crippen LogP contribution in [0.2, 0.25) is 0 Å². The molecule has 106 valence electrons. The number of ketones is 1. The molecule has 3 rings (SSSR count). The summed E-state index contributed by atoms with van der Waals surface area (Å²) in [5, 5.41) is 0. The van der Waals surface area contributed by atoms with Gasteiger partial charge in [-0.2, -0.15) is 0 Å². The molecule has 1 saturated carbocycles. The molecule has 0 aromatic heterocycles. The maximum Gasteiger partial charge on any atom is 0.153 e. The fraction of sp³-hybridized carbons (Fsp3) is 0.263. The molecule has 0 saturated heterocycles. The zero-order valence-corrected chi connectivity index (χ0v) is 12.4.